The third-order valence-corrected chi connectivity index (χ3v) is 2.82. The van der Waals surface area contributed by atoms with E-state index < -0.39 is 23.4 Å². The van der Waals surface area contributed by atoms with Crippen LogP contribution in [0.25, 0.3) is 0 Å². The standard InChI is InChI=1S/C12H15BrF3N/c1-12(2,3)17-6-9(15)10-8(14)5-4-7(13)11(10)16/h4-5,9,17H,6H2,1-3H3. The van der Waals surface area contributed by atoms with E-state index in [4.69, 9.17) is 0 Å². The zero-order chi connectivity index (χ0) is 13.2. The van der Waals surface area contributed by atoms with Crippen molar-refractivity contribution < 1.29 is 13.2 Å². The molecule has 1 N–H and O–H groups in total. The Bertz CT molecular complexity index is 401. The second kappa shape index (κ2) is 5.40. The third kappa shape index (κ3) is 4.00. The Hall–Kier alpha value is -0.550. The summed E-state index contributed by atoms with van der Waals surface area (Å²) < 4.78 is 40.8. The molecule has 0 bridgehead atoms. The van der Waals surface area contributed by atoms with Gasteiger partial charge in [-0.15, -0.1) is 0 Å². The maximum Gasteiger partial charge on any atom is 0.146 e. The van der Waals surface area contributed by atoms with Gasteiger partial charge in [-0.25, -0.2) is 13.2 Å². The molecule has 5 heteroatoms. The number of benzene rings is 1. The molecule has 1 unspecified atom stereocenters. The summed E-state index contributed by atoms with van der Waals surface area (Å²) >= 11 is 2.91. The quantitative estimate of drug-likeness (QED) is 0.828. The smallest absolute Gasteiger partial charge is 0.146 e. The molecule has 0 spiro atoms. The minimum atomic E-state index is -1.72. The average Bonchev–Trinajstić information content (AvgIpc) is 2.20. The fraction of sp³-hybridized carbons (Fsp3) is 0.500. The van der Waals surface area contributed by atoms with Crippen LogP contribution in [0.2, 0.25) is 0 Å². The van der Waals surface area contributed by atoms with Crippen LogP contribution in [-0.2, 0) is 0 Å². The summed E-state index contributed by atoms with van der Waals surface area (Å²) in [5.41, 5.74) is -0.834. The molecule has 0 aromatic heterocycles. The Kier molecular flexibility index (Phi) is 4.61. The van der Waals surface area contributed by atoms with E-state index in [1.807, 2.05) is 20.8 Å². The van der Waals surface area contributed by atoms with Crippen LogP contribution >= 0.6 is 15.9 Å². The molecule has 0 fully saturated rings. The van der Waals surface area contributed by atoms with Gasteiger partial charge in [0.25, 0.3) is 0 Å². The number of nitrogens with one attached hydrogen (secondary N) is 1. The SMILES string of the molecule is CC(C)(C)NCC(F)c1c(F)ccc(Br)c1F. The molecule has 1 rings (SSSR count). The average molecular weight is 310 g/mol. The lowest BCUT2D eigenvalue weighted by Crippen LogP contribution is -2.38. The minimum Gasteiger partial charge on any atom is -0.309 e. The van der Waals surface area contributed by atoms with E-state index in [2.05, 4.69) is 21.2 Å². The van der Waals surface area contributed by atoms with E-state index in [0.717, 1.165) is 6.07 Å². The van der Waals surface area contributed by atoms with E-state index in [0.29, 0.717) is 0 Å². The van der Waals surface area contributed by atoms with Crippen molar-refractivity contribution in [1.82, 2.24) is 5.32 Å². The molecule has 0 radical (unpaired) electrons. The second-order valence-electron chi connectivity index (χ2n) is 4.86. The molecular weight excluding hydrogens is 295 g/mol. The van der Waals surface area contributed by atoms with Crippen LogP contribution in [0.5, 0.6) is 0 Å². The highest BCUT2D eigenvalue weighted by molar-refractivity contribution is 9.10. The molecule has 1 aromatic rings. The van der Waals surface area contributed by atoms with Crippen molar-refractivity contribution in [3.05, 3.63) is 33.8 Å². The van der Waals surface area contributed by atoms with Gasteiger partial charge in [0, 0.05) is 12.1 Å². The fourth-order valence-corrected chi connectivity index (χ4v) is 1.67. The Morgan fingerprint density at radius 3 is 2.41 bits per heavy atom. The molecule has 1 aromatic carbocycles. The van der Waals surface area contributed by atoms with Crippen LogP contribution in [0.3, 0.4) is 0 Å². The van der Waals surface area contributed by atoms with Gasteiger partial charge >= 0.3 is 0 Å². The van der Waals surface area contributed by atoms with Gasteiger partial charge in [0.05, 0.1) is 10.0 Å². The van der Waals surface area contributed by atoms with Crippen molar-refractivity contribution in [1.29, 1.82) is 0 Å². The molecule has 0 heterocycles. The minimum absolute atomic E-state index is 0.0623. The van der Waals surface area contributed by atoms with Gasteiger partial charge in [-0.1, -0.05) is 0 Å². The molecule has 0 saturated carbocycles. The largest absolute Gasteiger partial charge is 0.309 e. The van der Waals surface area contributed by atoms with Crippen LogP contribution in [0, 0.1) is 11.6 Å². The van der Waals surface area contributed by atoms with Gasteiger partial charge in [-0.05, 0) is 48.8 Å². The Morgan fingerprint density at radius 1 is 1.29 bits per heavy atom. The highest BCUT2D eigenvalue weighted by atomic mass is 79.9. The number of rotatable bonds is 3. The summed E-state index contributed by atoms with van der Waals surface area (Å²) in [5.74, 6) is -1.75. The zero-order valence-electron chi connectivity index (χ0n) is 9.95. The first-order chi connectivity index (χ1) is 7.72. The van der Waals surface area contributed by atoms with Crippen LogP contribution in [-0.4, -0.2) is 12.1 Å². The number of hydrogen-bond acceptors (Lipinski definition) is 1. The van der Waals surface area contributed by atoms with Gasteiger partial charge < -0.3 is 5.32 Å². The van der Waals surface area contributed by atoms with Crippen molar-refractivity contribution in [3.63, 3.8) is 0 Å². The van der Waals surface area contributed by atoms with Gasteiger partial charge in [0.1, 0.15) is 17.8 Å². The highest BCUT2D eigenvalue weighted by Crippen LogP contribution is 2.28. The van der Waals surface area contributed by atoms with Crippen LogP contribution in [0.1, 0.15) is 32.5 Å². The van der Waals surface area contributed by atoms with Gasteiger partial charge in [0.2, 0.25) is 0 Å². The molecular formula is C12H15BrF3N. The Balaban J connectivity index is 2.89. The van der Waals surface area contributed by atoms with Gasteiger partial charge in [-0.2, -0.15) is 0 Å². The predicted molar refractivity (Wildman–Crippen MR) is 65.7 cm³/mol. The van der Waals surface area contributed by atoms with Crippen LogP contribution in [0.15, 0.2) is 16.6 Å². The predicted octanol–water partition coefficient (Wildman–Crippen LogP) is 4.13. The summed E-state index contributed by atoms with van der Waals surface area (Å²) in [4.78, 5) is 0. The van der Waals surface area contributed by atoms with Crippen molar-refractivity contribution in [2.75, 3.05) is 6.54 Å². The van der Waals surface area contributed by atoms with Crippen LogP contribution < -0.4 is 5.32 Å². The maximum absolute atomic E-state index is 13.8. The monoisotopic (exact) mass is 309 g/mol. The first kappa shape index (κ1) is 14.5. The topological polar surface area (TPSA) is 12.0 Å². The van der Waals surface area contributed by atoms with Crippen molar-refractivity contribution in [2.24, 2.45) is 0 Å². The lowest BCUT2D eigenvalue weighted by atomic mass is 10.1. The molecule has 0 aliphatic heterocycles. The molecule has 0 saturated heterocycles. The van der Waals surface area contributed by atoms with E-state index in [-0.39, 0.29) is 16.6 Å². The summed E-state index contributed by atoms with van der Waals surface area (Å²) in [5, 5.41) is 2.87. The first-order valence-electron chi connectivity index (χ1n) is 5.25. The summed E-state index contributed by atoms with van der Waals surface area (Å²) in [6.45, 7) is 5.43. The van der Waals surface area contributed by atoms with E-state index in [1.54, 1.807) is 0 Å². The van der Waals surface area contributed by atoms with Crippen LogP contribution in [0.4, 0.5) is 13.2 Å². The summed E-state index contributed by atoms with van der Waals surface area (Å²) in [6.07, 6.45) is -1.72. The fourth-order valence-electron chi connectivity index (χ4n) is 1.33. The lowest BCUT2D eigenvalue weighted by Gasteiger charge is -2.22. The molecule has 1 nitrogen and oxygen atoms in total. The highest BCUT2D eigenvalue weighted by Gasteiger charge is 2.23. The number of hydrogen-bond donors (Lipinski definition) is 1. The van der Waals surface area contributed by atoms with Gasteiger partial charge in [0.15, 0.2) is 0 Å². The molecule has 1 atom stereocenters. The lowest BCUT2D eigenvalue weighted by molar-refractivity contribution is 0.277. The third-order valence-electron chi connectivity index (χ3n) is 2.20. The molecule has 0 aliphatic rings. The van der Waals surface area contributed by atoms with Crippen molar-refractivity contribution in [2.45, 2.75) is 32.5 Å². The second-order valence-corrected chi connectivity index (χ2v) is 5.71. The molecule has 17 heavy (non-hydrogen) atoms. The van der Waals surface area contributed by atoms with E-state index in [9.17, 15) is 13.2 Å². The molecule has 96 valence electrons. The van der Waals surface area contributed by atoms with E-state index >= 15 is 0 Å². The summed E-state index contributed by atoms with van der Waals surface area (Å²) in [6, 6.07) is 2.27. The molecule has 0 aliphatic carbocycles. The van der Waals surface area contributed by atoms with Crippen molar-refractivity contribution in [3.8, 4) is 0 Å². The molecule has 0 amide bonds. The number of halogens is 4. The van der Waals surface area contributed by atoms with Gasteiger partial charge in [-0.3, -0.25) is 0 Å². The van der Waals surface area contributed by atoms with Crippen molar-refractivity contribution >= 4 is 15.9 Å². The first-order valence-corrected chi connectivity index (χ1v) is 6.04. The van der Waals surface area contributed by atoms with E-state index in [1.165, 1.54) is 6.07 Å². The number of alkyl halides is 1. The Morgan fingerprint density at radius 2 is 1.88 bits per heavy atom. The Labute approximate surface area is 108 Å². The maximum atomic E-state index is 13.8. The summed E-state index contributed by atoms with van der Waals surface area (Å²) in [7, 11) is 0. The zero-order valence-corrected chi connectivity index (χ0v) is 11.5. The normalized spacial score (nSPS) is 13.8.